The number of methoxy groups -OCH3 is 1. The molecule has 1 aromatic carbocycles. The maximum atomic E-state index is 13.0. The number of carbonyl (C=O) groups excluding carboxylic acids is 1. The summed E-state index contributed by atoms with van der Waals surface area (Å²) < 4.78 is 6.74. The Balaban J connectivity index is 2.22. The fraction of sp³-hybridized carbons (Fsp3) is 0.609. The number of hydrogen-bond acceptors (Lipinski definition) is 2. The van der Waals surface area contributed by atoms with Crippen molar-refractivity contribution in [3.05, 3.63) is 30.3 Å². The van der Waals surface area contributed by atoms with Gasteiger partial charge in [0, 0.05) is 0 Å². The van der Waals surface area contributed by atoms with Crippen molar-refractivity contribution in [1.82, 2.24) is 0 Å². The van der Waals surface area contributed by atoms with Gasteiger partial charge < -0.3 is 0 Å². The Bertz CT molecular complexity index is 602. The van der Waals surface area contributed by atoms with E-state index in [0.717, 1.165) is 37.4 Å². The third-order valence-corrected chi connectivity index (χ3v) is 7.86. The molecule has 2 rings (SSSR count). The predicted octanol–water partition coefficient (Wildman–Crippen LogP) is 4.76. The molecule has 1 aliphatic rings. The van der Waals surface area contributed by atoms with E-state index in [1.165, 1.54) is 23.7 Å². The first kappa shape index (κ1) is 21.1. The summed E-state index contributed by atoms with van der Waals surface area (Å²) in [4.78, 5) is 13.0. The van der Waals surface area contributed by atoms with Crippen molar-refractivity contribution in [2.75, 3.05) is 7.11 Å². The Morgan fingerprint density at radius 3 is 2.69 bits per heavy atom. The molecule has 0 aliphatic heterocycles. The van der Waals surface area contributed by atoms with Crippen LogP contribution in [0.25, 0.3) is 0 Å². The molecule has 2 atom stereocenters. The molecule has 2 nitrogen and oxygen atoms in total. The van der Waals surface area contributed by atoms with Gasteiger partial charge in [0.1, 0.15) is 0 Å². The molecule has 1 aliphatic carbocycles. The van der Waals surface area contributed by atoms with Gasteiger partial charge in [-0.1, -0.05) is 0 Å². The average molecular weight is 419 g/mol. The van der Waals surface area contributed by atoms with E-state index in [1.807, 2.05) is 0 Å². The van der Waals surface area contributed by atoms with Crippen LogP contribution >= 0.6 is 0 Å². The molecule has 26 heavy (non-hydrogen) atoms. The second kappa shape index (κ2) is 11.5. The molecule has 0 unspecified atom stereocenters. The third-order valence-electron chi connectivity index (χ3n) is 5.40. The summed E-state index contributed by atoms with van der Waals surface area (Å²) in [5, 5.41) is 1.10. The van der Waals surface area contributed by atoms with E-state index in [-0.39, 0.29) is 5.97 Å². The van der Waals surface area contributed by atoms with Crippen molar-refractivity contribution in [3.8, 4) is 11.8 Å². The summed E-state index contributed by atoms with van der Waals surface area (Å²) in [5.41, 5.74) is -0.410. The van der Waals surface area contributed by atoms with Crippen LogP contribution in [0.4, 0.5) is 0 Å². The zero-order valence-electron chi connectivity index (χ0n) is 16.3. The van der Waals surface area contributed by atoms with Crippen LogP contribution in [0.1, 0.15) is 64.7 Å². The summed E-state index contributed by atoms with van der Waals surface area (Å²) in [6.45, 7) is 2.14. The maximum absolute atomic E-state index is 13.0. The topological polar surface area (TPSA) is 26.3 Å². The number of carbonyl (C=O) groups is 1. The third kappa shape index (κ3) is 5.90. The first-order valence-corrected chi connectivity index (χ1v) is 12.0. The molecule has 1 saturated carbocycles. The molecule has 0 aromatic heterocycles. The van der Waals surface area contributed by atoms with E-state index < -0.39 is 5.41 Å². The first-order chi connectivity index (χ1) is 12.7. The molecule has 3 heteroatoms. The number of unbranched alkanes of at least 4 members (excludes halogenated alkanes) is 1. The van der Waals surface area contributed by atoms with E-state index in [1.54, 1.807) is 7.11 Å². The Hall–Kier alpha value is -1.23. The number of benzene rings is 1. The Labute approximate surface area is 165 Å². The fourth-order valence-corrected chi connectivity index (χ4v) is 6.41. The van der Waals surface area contributed by atoms with Crippen molar-refractivity contribution in [2.24, 2.45) is 11.3 Å². The summed E-state index contributed by atoms with van der Waals surface area (Å²) in [6.07, 6.45) is 9.53. The van der Waals surface area contributed by atoms with E-state index in [4.69, 9.17) is 4.74 Å². The van der Waals surface area contributed by atoms with Gasteiger partial charge in [0.05, 0.1) is 0 Å². The van der Waals surface area contributed by atoms with Crippen LogP contribution in [0.15, 0.2) is 30.3 Å². The van der Waals surface area contributed by atoms with Crippen LogP contribution in [-0.4, -0.2) is 28.0 Å². The second-order valence-electron chi connectivity index (χ2n) is 7.20. The van der Waals surface area contributed by atoms with Crippen molar-refractivity contribution >= 4 is 25.4 Å². The number of ether oxygens (including phenoxy) is 1. The van der Waals surface area contributed by atoms with Gasteiger partial charge in [0.25, 0.3) is 0 Å². The first-order valence-electron chi connectivity index (χ1n) is 9.95. The van der Waals surface area contributed by atoms with Gasteiger partial charge in [-0.25, -0.2) is 0 Å². The van der Waals surface area contributed by atoms with Gasteiger partial charge >= 0.3 is 166 Å². The van der Waals surface area contributed by atoms with Crippen LogP contribution in [0.2, 0.25) is 5.32 Å². The van der Waals surface area contributed by atoms with Crippen molar-refractivity contribution < 1.29 is 9.53 Å². The summed E-state index contributed by atoms with van der Waals surface area (Å²) >= 11 is 0.390. The summed E-state index contributed by atoms with van der Waals surface area (Å²) in [7, 11) is 1.54. The molecule has 0 amide bonds. The van der Waals surface area contributed by atoms with Crippen molar-refractivity contribution in [3.63, 3.8) is 0 Å². The quantitative estimate of drug-likeness (QED) is 0.378. The van der Waals surface area contributed by atoms with Gasteiger partial charge in [-0.15, -0.1) is 0 Å². The monoisotopic (exact) mass is 420 g/mol. The number of hydrogen-bond donors (Lipinski definition) is 0. The SMILES string of the molecule is CCCC#CC[C@]1(C(=O)OC)CCCCCC[C@H]1C[Se]c1ccccc1. The fourth-order valence-electron chi connectivity index (χ4n) is 3.83. The van der Waals surface area contributed by atoms with Gasteiger partial charge in [0.15, 0.2) is 0 Å². The summed E-state index contributed by atoms with van der Waals surface area (Å²) in [6, 6.07) is 10.7. The van der Waals surface area contributed by atoms with Crippen LogP contribution in [0, 0.1) is 23.2 Å². The van der Waals surface area contributed by atoms with Crippen molar-refractivity contribution in [2.45, 2.75) is 70.0 Å². The van der Waals surface area contributed by atoms with Crippen LogP contribution in [0.3, 0.4) is 0 Å². The molecule has 0 heterocycles. The molecule has 1 fully saturated rings. The normalized spacial score (nSPS) is 23.2. The average Bonchev–Trinajstić information content (AvgIpc) is 2.66. The van der Waals surface area contributed by atoms with Gasteiger partial charge in [-0.05, 0) is 0 Å². The molecular formula is C23H32O2Se. The number of rotatable bonds is 6. The van der Waals surface area contributed by atoms with E-state index in [9.17, 15) is 4.79 Å². The molecule has 142 valence electrons. The van der Waals surface area contributed by atoms with Crippen LogP contribution in [0.5, 0.6) is 0 Å². The molecule has 0 saturated heterocycles. The minimum absolute atomic E-state index is 0.0286. The Morgan fingerprint density at radius 1 is 1.19 bits per heavy atom. The van der Waals surface area contributed by atoms with Crippen LogP contribution in [-0.2, 0) is 9.53 Å². The van der Waals surface area contributed by atoms with Gasteiger partial charge in [-0.2, -0.15) is 0 Å². The molecule has 0 bridgehead atoms. The van der Waals surface area contributed by atoms with Gasteiger partial charge in [0.2, 0.25) is 0 Å². The second-order valence-corrected chi connectivity index (χ2v) is 9.50. The zero-order chi connectivity index (χ0) is 18.7. The summed E-state index contributed by atoms with van der Waals surface area (Å²) in [5.74, 6) is 6.96. The zero-order valence-corrected chi connectivity index (χ0v) is 18.0. The predicted molar refractivity (Wildman–Crippen MR) is 110 cm³/mol. The van der Waals surface area contributed by atoms with Crippen LogP contribution < -0.4 is 4.46 Å². The van der Waals surface area contributed by atoms with E-state index in [0.29, 0.717) is 27.3 Å². The van der Waals surface area contributed by atoms with E-state index in [2.05, 4.69) is 49.1 Å². The minimum atomic E-state index is -0.410. The van der Waals surface area contributed by atoms with Gasteiger partial charge in [-0.3, -0.25) is 0 Å². The Morgan fingerprint density at radius 2 is 1.96 bits per heavy atom. The molecule has 1 aromatic rings. The number of esters is 1. The standard InChI is InChI=1S/C23H32O2Se/c1-3-4-5-12-17-23(22(24)25-2)18-13-7-6-9-14-20(23)19-26-21-15-10-8-11-16-21/h8,10-11,15-16,20H,3-4,6-7,9,13-14,17-19H2,1-2H3/t20-,23-/m0/s1. The Kier molecular flexibility index (Phi) is 9.30. The van der Waals surface area contributed by atoms with E-state index >= 15 is 0 Å². The molecule has 0 N–H and O–H groups in total. The molecular weight excluding hydrogens is 387 g/mol. The molecule has 0 spiro atoms. The van der Waals surface area contributed by atoms with Crippen molar-refractivity contribution in [1.29, 1.82) is 0 Å². The molecule has 0 radical (unpaired) electrons.